The Balaban J connectivity index is 2.43. The first-order chi connectivity index (χ1) is 7.80. The van der Waals surface area contributed by atoms with Gasteiger partial charge in [-0.3, -0.25) is 4.90 Å². The molecule has 0 spiro atoms. The average molecular weight is 240 g/mol. The monoisotopic (exact) mass is 240 g/mol. The number of nitrogens with zero attached hydrogens (tertiary/aromatic N) is 1. The molecule has 1 N–H and O–H groups in total. The van der Waals surface area contributed by atoms with E-state index >= 15 is 0 Å². The van der Waals surface area contributed by atoms with E-state index in [0.717, 1.165) is 18.5 Å². The maximum atomic E-state index is 3.67. The maximum Gasteiger partial charge on any atom is 0.0244 e. The van der Waals surface area contributed by atoms with Crippen LogP contribution < -0.4 is 5.32 Å². The number of hydrogen-bond acceptors (Lipinski definition) is 2. The molecule has 1 aliphatic rings. The fourth-order valence-corrected chi connectivity index (χ4v) is 2.51. The molecule has 0 aromatic rings. The number of piperazine rings is 1. The summed E-state index contributed by atoms with van der Waals surface area (Å²) < 4.78 is 0. The SMILES string of the molecule is CC(C)CCC(C)N1CCNC(C(C)(C)C)C1. The van der Waals surface area contributed by atoms with Crippen molar-refractivity contribution in [3.63, 3.8) is 0 Å². The van der Waals surface area contributed by atoms with Crippen LogP contribution in [-0.4, -0.2) is 36.6 Å². The third kappa shape index (κ3) is 4.97. The standard InChI is InChI=1S/C15H32N2/c1-12(2)7-8-13(3)17-10-9-16-14(11-17)15(4,5)6/h12-14,16H,7-11H2,1-6H3. The van der Waals surface area contributed by atoms with Crippen LogP contribution in [0, 0.1) is 11.3 Å². The van der Waals surface area contributed by atoms with E-state index in [2.05, 4.69) is 51.8 Å². The van der Waals surface area contributed by atoms with Gasteiger partial charge < -0.3 is 5.32 Å². The van der Waals surface area contributed by atoms with Crippen molar-refractivity contribution in [2.75, 3.05) is 19.6 Å². The summed E-state index contributed by atoms with van der Waals surface area (Å²) >= 11 is 0. The second-order valence-corrected chi connectivity index (χ2v) is 7.19. The van der Waals surface area contributed by atoms with E-state index in [1.165, 1.54) is 25.9 Å². The molecule has 2 heteroatoms. The van der Waals surface area contributed by atoms with Crippen molar-refractivity contribution in [1.29, 1.82) is 0 Å². The predicted molar refractivity (Wildman–Crippen MR) is 76.4 cm³/mol. The molecule has 17 heavy (non-hydrogen) atoms. The molecule has 1 saturated heterocycles. The van der Waals surface area contributed by atoms with Crippen LogP contribution in [0.25, 0.3) is 0 Å². The molecule has 0 bridgehead atoms. The zero-order chi connectivity index (χ0) is 13.1. The Hall–Kier alpha value is -0.0800. The summed E-state index contributed by atoms with van der Waals surface area (Å²) in [5.41, 5.74) is 0.371. The Morgan fingerprint density at radius 3 is 2.35 bits per heavy atom. The van der Waals surface area contributed by atoms with Gasteiger partial charge in [-0.25, -0.2) is 0 Å². The van der Waals surface area contributed by atoms with Crippen LogP contribution in [0.15, 0.2) is 0 Å². The molecule has 2 nitrogen and oxygen atoms in total. The first-order valence-electron chi connectivity index (χ1n) is 7.28. The molecule has 1 fully saturated rings. The Morgan fingerprint density at radius 2 is 1.82 bits per heavy atom. The highest BCUT2D eigenvalue weighted by Crippen LogP contribution is 2.23. The normalized spacial score (nSPS) is 25.2. The fourth-order valence-electron chi connectivity index (χ4n) is 2.51. The lowest BCUT2D eigenvalue weighted by atomic mass is 9.85. The van der Waals surface area contributed by atoms with E-state index in [-0.39, 0.29) is 0 Å². The summed E-state index contributed by atoms with van der Waals surface area (Å²) in [6.45, 7) is 17.6. The maximum absolute atomic E-state index is 3.67. The Labute approximate surface area is 108 Å². The van der Waals surface area contributed by atoms with E-state index in [1.807, 2.05) is 0 Å². The van der Waals surface area contributed by atoms with E-state index in [0.29, 0.717) is 11.5 Å². The minimum Gasteiger partial charge on any atom is -0.311 e. The van der Waals surface area contributed by atoms with Gasteiger partial charge in [0.1, 0.15) is 0 Å². The number of nitrogens with one attached hydrogen (secondary N) is 1. The second kappa shape index (κ2) is 6.19. The van der Waals surface area contributed by atoms with Crippen molar-refractivity contribution in [1.82, 2.24) is 10.2 Å². The third-order valence-corrected chi connectivity index (χ3v) is 4.04. The molecule has 0 aromatic heterocycles. The van der Waals surface area contributed by atoms with Gasteiger partial charge in [0.15, 0.2) is 0 Å². The molecular formula is C15H32N2. The quantitative estimate of drug-likeness (QED) is 0.812. The van der Waals surface area contributed by atoms with Gasteiger partial charge in [0.2, 0.25) is 0 Å². The topological polar surface area (TPSA) is 15.3 Å². The van der Waals surface area contributed by atoms with Crippen LogP contribution in [0.4, 0.5) is 0 Å². The van der Waals surface area contributed by atoms with Crippen molar-refractivity contribution in [2.24, 2.45) is 11.3 Å². The minimum absolute atomic E-state index is 0.371. The highest BCUT2D eigenvalue weighted by molar-refractivity contribution is 4.88. The summed E-state index contributed by atoms with van der Waals surface area (Å²) in [4.78, 5) is 2.68. The van der Waals surface area contributed by atoms with Crippen LogP contribution in [-0.2, 0) is 0 Å². The molecule has 2 atom stereocenters. The summed E-state index contributed by atoms with van der Waals surface area (Å²) in [6, 6.07) is 1.38. The smallest absolute Gasteiger partial charge is 0.0244 e. The van der Waals surface area contributed by atoms with Crippen molar-refractivity contribution >= 4 is 0 Å². The van der Waals surface area contributed by atoms with Gasteiger partial charge in [0, 0.05) is 31.7 Å². The van der Waals surface area contributed by atoms with Crippen LogP contribution >= 0.6 is 0 Å². The van der Waals surface area contributed by atoms with Gasteiger partial charge in [-0.1, -0.05) is 34.6 Å². The molecular weight excluding hydrogens is 208 g/mol. The second-order valence-electron chi connectivity index (χ2n) is 7.19. The van der Waals surface area contributed by atoms with Crippen molar-refractivity contribution in [2.45, 2.75) is 66.5 Å². The molecule has 0 saturated carbocycles. The zero-order valence-corrected chi connectivity index (χ0v) is 12.7. The molecule has 2 unspecified atom stereocenters. The highest BCUT2D eigenvalue weighted by Gasteiger charge is 2.30. The zero-order valence-electron chi connectivity index (χ0n) is 12.7. The third-order valence-electron chi connectivity index (χ3n) is 4.04. The van der Waals surface area contributed by atoms with Gasteiger partial charge >= 0.3 is 0 Å². The van der Waals surface area contributed by atoms with Gasteiger partial charge in [0.05, 0.1) is 0 Å². The van der Waals surface area contributed by atoms with E-state index in [4.69, 9.17) is 0 Å². The highest BCUT2D eigenvalue weighted by atomic mass is 15.2. The van der Waals surface area contributed by atoms with Gasteiger partial charge in [-0.2, -0.15) is 0 Å². The van der Waals surface area contributed by atoms with Gasteiger partial charge in [0.25, 0.3) is 0 Å². The lowest BCUT2D eigenvalue weighted by Crippen LogP contribution is -2.57. The van der Waals surface area contributed by atoms with Gasteiger partial charge in [-0.15, -0.1) is 0 Å². The van der Waals surface area contributed by atoms with E-state index in [9.17, 15) is 0 Å². The fraction of sp³-hybridized carbons (Fsp3) is 1.00. The summed E-state index contributed by atoms with van der Waals surface area (Å²) in [6.07, 6.45) is 2.69. The lowest BCUT2D eigenvalue weighted by molar-refractivity contribution is 0.0982. The van der Waals surface area contributed by atoms with Crippen LogP contribution in [0.5, 0.6) is 0 Å². The minimum atomic E-state index is 0.371. The summed E-state index contributed by atoms with van der Waals surface area (Å²) in [5.74, 6) is 0.832. The predicted octanol–water partition coefficient (Wildman–Crippen LogP) is 3.13. The molecule has 0 amide bonds. The van der Waals surface area contributed by atoms with Crippen molar-refractivity contribution in [3.8, 4) is 0 Å². The molecule has 1 heterocycles. The van der Waals surface area contributed by atoms with Crippen LogP contribution in [0.3, 0.4) is 0 Å². The molecule has 0 aromatic carbocycles. The first kappa shape index (κ1) is 15.0. The summed E-state index contributed by atoms with van der Waals surface area (Å²) in [5, 5.41) is 3.67. The van der Waals surface area contributed by atoms with E-state index in [1.54, 1.807) is 0 Å². The molecule has 0 radical (unpaired) electrons. The number of hydrogen-bond donors (Lipinski definition) is 1. The van der Waals surface area contributed by atoms with E-state index < -0.39 is 0 Å². The molecule has 1 rings (SSSR count). The molecule has 102 valence electrons. The Bertz CT molecular complexity index is 217. The summed E-state index contributed by atoms with van der Waals surface area (Å²) in [7, 11) is 0. The van der Waals surface area contributed by atoms with Crippen molar-refractivity contribution < 1.29 is 0 Å². The van der Waals surface area contributed by atoms with Gasteiger partial charge in [-0.05, 0) is 31.1 Å². The lowest BCUT2D eigenvalue weighted by Gasteiger charge is -2.43. The molecule has 0 aliphatic carbocycles. The van der Waals surface area contributed by atoms with Crippen LogP contribution in [0.2, 0.25) is 0 Å². The average Bonchev–Trinajstić information content (AvgIpc) is 2.25. The first-order valence-corrected chi connectivity index (χ1v) is 7.28. The van der Waals surface area contributed by atoms with Crippen molar-refractivity contribution in [3.05, 3.63) is 0 Å². The Morgan fingerprint density at radius 1 is 1.18 bits per heavy atom. The number of rotatable bonds is 4. The largest absolute Gasteiger partial charge is 0.311 e. The van der Waals surface area contributed by atoms with Crippen LogP contribution in [0.1, 0.15) is 54.4 Å². The Kier molecular flexibility index (Phi) is 5.46. The molecule has 1 aliphatic heterocycles.